The summed E-state index contributed by atoms with van der Waals surface area (Å²) in [5, 5.41) is 9.92. The SMILES string of the molecule is COc1ccc2oc3cc(C(=O)O)n(C)c3c2c1. The van der Waals surface area contributed by atoms with Crippen molar-refractivity contribution in [1.29, 1.82) is 0 Å². The molecule has 3 rings (SSSR count). The molecule has 0 spiro atoms. The van der Waals surface area contributed by atoms with Crippen molar-refractivity contribution in [3.05, 3.63) is 30.0 Å². The van der Waals surface area contributed by atoms with Crippen LogP contribution in [0.15, 0.2) is 28.7 Å². The number of benzene rings is 1. The average molecular weight is 245 g/mol. The summed E-state index contributed by atoms with van der Waals surface area (Å²) in [6.45, 7) is 0. The van der Waals surface area contributed by atoms with Crippen molar-refractivity contribution in [2.24, 2.45) is 7.05 Å². The molecule has 0 unspecified atom stereocenters. The van der Waals surface area contributed by atoms with E-state index in [1.165, 1.54) is 6.07 Å². The van der Waals surface area contributed by atoms with E-state index in [0.717, 1.165) is 10.9 Å². The van der Waals surface area contributed by atoms with Crippen LogP contribution in [0.4, 0.5) is 0 Å². The van der Waals surface area contributed by atoms with Gasteiger partial charge in [0.25, 0.3) is 0 Å². The number of aromatic nitrogens is 1. The fourth-order valence-electron chi connectivity index (χ4n) is 2.20. The molecule has 0 bridgehead atoms. The molecule has 92 valence electrons. The molecule has 5 heteroatoms. The second kappa shape index (κ2) is 3.53. The number of carboxylic acids is 1. The topological polar surface area (TPSA) is 64.6 Å². The lowest BCUT2D eigenvalue weighted by Crippen LogP contribution is -2.03. The maximum Gasteiger partial charge on any atom is 0.352 e. The highest BCUT2D eigenvalue weighted by molar-refractivity contribution is 6.06. The van der Waals surface area contributed by atoms with Gasteiger partial charge in [-0.2, -0.15) is 0 Å². The lowest BCUT2D eigenvalue weighted by Gasteiger charge is -2.00. The molecule has 1 aromatic carbocycles. The summed E-state index contributed by atoms with van der Waals surface area (Å²) in [6.07, 6.45) is 0. The van der Waals surface area contributed by atoms with E-state index < -0.39 is 5.97 Å². The van der Waals surface area contributed by atoms with Gasteiger partial charge >= 0.3 is 5.97 Å². The summed E-state index contributed by atoms with van der Waals surface area (Å²) < 4.78 is 12.4. The van der Waals surface area contributed by atoms with E-state index in [4.69, 9.17) is 14.3 Å². The zero-order valence-electron chi connectivity index (χ0n) is 9.93. The lowest BCUT2D eigenvalue weighted by molar-refractivity contribution is 0.0687. The van der Waals surface area contributed by atoms with Gasteiger partial charge in [-0.15, -0.1) is 0 Å². The molecule has 0 radical (unpaired) electrons. The van der Waals surface area contributed by atoms with Gasteiger partial charge in [0.15, 0.2) is 5.58 Å². The Balaban J connectivity index is 2.41. The summed E-state index contributed by atoms with van der Waals surface area (Å²) in [6, 6.07) is 6.99. The van der Waals surface area contributed by atoms with Crippen LogP contribution < -0.4 is 4.74 Å². The number of furan rings is 1. The summed E-state index contributed by atoms with van der Waals surface area (Å²) in [7, 11) is 3.30. The molecule has 5 nitrogen and oxygen atoms in total. The Kier molecular flexibility index (Phi) is 2.10. The Labute approximate surface area is 102 Å². The highest BCUT2D eigenvalue weighted by Crippen LogP contribution is 2.33. The summed E-state index contributed by atoms with van der Waals surface area (Å²) in [5.41, 5.74) is 2.25. The van der Waals surface area contributed by atoms with Crippen molar-refractivity contribution in [2.75, 3.05) is 7.11 Å². The molecule has 2 heterocycles. The Morgan fingerprint density at radius 3 is 2.78 bits per heavy atom. The Morgan fingerprint density at radius 1 is 1.33 bits per heavy atom. The van der Waals surface area contributed by atoms with E-state index in [1.54, 1.807) is 18.7 Å². The molecule has 0 saturated carbocycles. The molecular weight excluding hydrogens is 234 g/mol. The quantitative estimate of drug-likeness (QED) is 0.753. The zero-order valence-corrected chi connectivity index (χ0v) is 9.93. The van der Waals surface area contributed by atoms with Gasteiger partial charge in [0.1, 0.15) is 17.0 Å². The summed E-state index contributed by atoms with van der Waals surface area (Å²) >= 11 is 0. The number of fused-ring (bicyclic) bond motifs is 3. The molecule has 0 fully saturated rings. The first kappa shape index (κ1) is 10.7. The lowest BCUT2D eigenvalue weighted by atomic mass is 10.2. The molecule has 1 N–H and O–H groups in total. The molecule has 18 heavy (non-hydrogen) atoms. The molecule has 0 aliphatic carbocycles. The molecule has 0 saturated heterocycles. The first-order chi connectivity index (χ1) is 8.61. The van der Waals surface area contributed by atoms with Crippen LogP contribution in [0.2, 0.25) is 0 Å². The van der Waals surface area contributed by atoms with E-state index in [9.17, 15) is 4.79 Å². The van der Waals surface area contributed by atoms with Crippen LogP contribution >= 0.6 is 0 Å². The van der Waals surface area contributed by atoms with Crippen molar-refractivity contribution in [1.82, 2.24) is 4.57 Å². The van der Waals surface area contributed by atoms with Crippen LogP contribution in [0.5, 0.6) is 5.75 Å². The highest BCUT2D eigenvalue weighted by Gasteiger charge is 2.18. The number of nitrogens with zero attached hydrogens (tertiary/aromatic N) is 1. The van der Waals surface area contributed by atoms with Gasteiger partial charge in [0.2, 0.25) is 0 Å². The van der Waals surface area contributed by atoms with Gasteiger partial charge < -0.3 is 18.8 Å². The van der Waals surface area contributed by atoms with Crippen molar-refractivity contribution < 1.29 is 19.1 Å². The third-order valence-corrected chi connectivity index (χ3v) is 3.08. The van der Waals surface area contributed by atoms with Crippen LogP contribution in [0.25, 0.3) is 22.1 Å². The van der Waals surface area contributed by atoms with Crippen molar-refractivity contribution >= 4 is 28.0 Å². The van der Waals surface area contributed by atoms with Gasteiger partial charge in [-0.25, -0.2) is 4.79 Å². The Hall–Kier alpha value is -2.43. The zero-order chi connectivity index (χ0) is 12.9. The van der Waals surface area contributed by atoms with Crippen molar-refractivity contribution in [2.45, 2.75) is 0 Å². The molecule has 0 aliphatic heterocycles. The van der Waals surface area contributed by atoms with Crippen LogP contribution in [0, 0.1) is 0 Å². The molecule has 3 aromatic rings. The van der Waals surface area contributed by atoms with E-state index >= 15 is 0 Å². The number of rotatable bonds is 2. The number of hydrogen-bond donors (Lipinski definition) is 1. The van der Waals surface area contributed by atoms with Gasteiger partial charge in [0, 0.05) is 18.5 Å². The predicted molar refractivity (Wildman–Crippen MR) is 66.2 cm³/mol. The van der Waals surface area contributed by atoms with Crippen LogP contribution in [0.3, 0.4) is 0 Å². The normalized spacial score (nSPS) is 11.2. The average Bonchev–Trinajstić information content (AvgIpc) is 2.85. The number of carboxylic acid groups (broad SMARTS) is 1. The largest absolute Gasteiger partial charge is 0.497 e. The van der Waals surface area contributed by atoms with Crippen LogP contribution in [0.1, 0.15) is 10.5 Å². The Morgan fingerprint density at radius 2 is 2.11 bits per heavy atom. The van der Waals surface area contributed by atoms with Gasteiger partial charge in [-0.1, -0.05) is 0 Å². The minimum absolute atomic E-state index is 0.202. The first-order valence-corrected chi connectivity index (χ1v) is 5.41. The Bertz CT molecular complexity index is 766. The minimum atomic E-state index is -0.972. The molecule has 0 atom stereocenters. The highest BCUT2D eigenvalue weighted by atomic mass is 16.5. The second-order valence-corrected chi connectivity index (χ2v) is 4.07. The minimum Gasteiger partial charge on any atom is -0.497 e. The number of aryl methyl sites for hydroxylation is 1. The monoisotopic (exact) mass is 245 g/mol. The summed E-state index contributed by atoms with van der Waals surface area (Å²) in [5.74, 6) is -0.261. The number of ether oxygens (including phenoxy) is 1. The van der Waals surface area contributed by atoms with E-state index in [2.05, 4.69) is 0 Å². The fraction of sp³-hybridized carbons (Fsp3) is 0.154. The maximum atomic E-state index is 11.1. The van der Waals surface area contributed by atoms with Gasteiger partial charge in [-0.05, 0) is 18.2 Å². The van der Waals surface area contributed by atoms with Crippen LogP contribution in [-0.4, -0.2) is 22.8 Å². The maximum absolute atomic E-state index is 11.1. The van der Waals surface area contributed by atoms with E-state index in [-0.39, 0.29) is 5.69 Å². The van der Waals surface area contributed by atoms with Crippen molar-refractivity contribution in [3.8, 4) is 5.75 Å². The second-order valence-electron chi connectivity index (χ2n) is 4.07. The van der Waals surface area contributed by atoms with E-state index in [0.29, 0.717) is 16.9 Å². The predicted octanol–water partition coefficient (Wildman–Crippen LogP) is 2.63. The molecular formula is C13H11NO4. The fourth-order valence-corrected chi connectivity index (χ4v) is 2.20. The van der Waals surface area contributed by atoms with Crippen molar-refractivity contribution in [3.63, 3.8) is 0 Å². The molecule has 2 aromatic heterocycles. The third-order valence-electron chi connectivity index (χ3n) is 3.08. The van der Waals surface area contributed by atoms with Crippen LogP contribution in [-0.2, 0) is 7.05 Å². The number of hydrogen-bond acceptors (Lipinski definition) is 3. The van der Waals surface area contributed by atoms with Gasteiger partial charge in [-0.3, -0.25) is 0 Å². The number of carbonyl (C=O) groups is 1. The standard InChI is InChI=1S/C13H11NO4/c1-14-9(13(15)16)6-11-12(14)8-5-7(17-2)3-4-10(8)18-11/h3-6H,1-2H3,(H,15,16). The molecule has 0 amide bonds. The van der Waals surface area contributed by atoms with Gasteiger partial charge in [0.05, 0.1) is 12.6 Å². The number of aromatic carboxylic acids is 1. The smallest absolute Gasteiger partial charge is 0.352 e. The first-order valence-electron chi connectivity index (χ1n) is 5.41. The number of methoxy groups -OCH3 is 1. The van der Waals surface area contributed by atoms with E-state index in [1.807, 2.05) is 18.2 Å². The third kappa shape index (κ3) is 1.30. The molecule has 0 aliphatic rings. The summed E-state index contributed by atoms with van der Waals surface area (Å²) in [4.78, 5) is 11.1.